The summed E-state index contributed by atoms with van der Waals surface area (Å²) in [4.78, 5) is 21.6. The highest BCUT2D eigenvalue weighted by atomic mass is 35.5. The second-order valence-corrected chi connectivity index (χ2v) is 5.01. The molecule has 2 aromatic rings. The quantitative estimate of drug-likeness (QED) is 0.618. The fraction of sp³-hybridized carbons (Fsp3) is 0.167. The van der Waals surface area contributed by atoms with E-state index in [9.17, 15) is 9.59 Å². The molecule has 0 bridgehead atoms. The molecule has 110 valence electrons. The van der Waals surface area contributed by atoms with Crippen molar-refractivity contribution in [2.45, 2.75) is 5.22 Å². The first-order valence-corrected chi connectivity index (χ1v) is 7.25. The number of carboxylic acid groups (broad SMARTS) is 1. The number of rotatable bonds is 6. The molecule has 9 heteroatoms. The lowest BCUT2D eigenvalue weighted by Crippen LogP contribution is -2.12. The summed E-state index contributed by atoms with van der Waals surface area (Å²) < 4.78 is 5.33. The number of carbonyl (C=O) groups is 2. The van der Waals surface area contributed by atoms with Gasteiger partial charge in [0.2, 0.25) is 11.8 Å². The van der Waals surface area contributed by atoms with E-state index >= 15 is 0 Å². The summed E-state index contributed by atoms with van der Waals surface area (Å²) in [6.07, 6.45) is 0. The number of hydrogen-bond acceptors (Lipinski definition) is 6. The summed E-state index contributed by atoms with van der Waals surface area (Å²) in [5, 5.41) is 18.9. The predicted octanol–water partition coefficient (Wildman–Crippen LogP) is 2.09. The Morgan fingerprint density at radius 3 is 2.62 bits per heavy atom. The number of halogens is 1. The van der Waals surface area contributed by atoms with Crippen molar-refractivity contribution in [3.63, 3.8) is 0 Å². The van der Waals surface area contributed by atoms with Crippen molar-refractivity contribution in [1.82, 2.24) is 10.2 Å². The van der Waals surface area contributed by atoms with Gasteiger partial charge in [-0.25, -0.2) is 0 Å². The number of amides is 1. The molecule has 0 fully saturated rings. The highest BCUT2D eigenvalue weighted by Gasteiger charge is 2.10. The summed E-state index contributed by atoms with van der Waals surface area (Å²) in [6.45, 7) is 0. The molecular formula is C12H10ClN3O4S. The van der Waals surface area contributed by atoms with Crippen LogP contribution in [0.4, 0.5) is 5.69 Å². The van der Waals surface area contributed by atoms with Crippen LogP contribution in [0.3, 0.4) is 0 Å². The smallest absolute Gasteiger partial charge is 0.314 e. The van der Waals surface area contributed by atoms with Crippen LogP contribution >= 0.6 is 23.4 Å². The topological polar surface area (TPSA) is 105 Å². The molecule has 0 saturated heterocycles. The lowest BCUT2D eigenvalue weighted by atomic mass is 10.2. The fourth-order valence-electron chi connectivity index (χ4n) is 1.40. The molecule has 0 radical (unpaired) electrons. The largest absolute Gasteiger partial charge is 0.481 e. The van der Waals surface area contributed by atoms with E-state index in [1.165, 1.54) is 0 Å². The van der Waals surface area contributed by atoms with Crippen molar-refractivity contribution in [3.8, 4) is 11.5 Å². The second-order valence-electron chi connectivity index (χ2n) is 3.81. The lowest BCUT2D eigenvalue weighted by Gasteiger charge is -2.02. The van der Waals surface area contributed by atoms with Crippen LogP contribution in [0.15, 0.2) is 33.9 Å². The number of aromatic nitrogens is 2. The van der Waals surface area contributed by atoms with Gasteiger partial charge in [-0.2, -0.15) is 0 Å². The minimum Gasteiger partial charge on any atom is -0.481 e. The summed E-state index contributed by atoms with van der Waals surface area (Å²) >= 11 is 6.34. The van der Waals surface area contributed by atoms with E-state index < -0.39 is 5.97 Å². The van der Waals surface area contributed by atoms with Crippen LogP contribution < -0.4 is 5.32 Å². The standard InChI is InChI=1S/C12H10ClN3O4S/c13-5-9(17)14-8-3-1-7(2-4-8)11-15-16-12(20-11)21-6-10(18)19/h1-4H,5-6H2,(H,14,17)(H,18,19). The summed E-state index contributed by atoms with van der Waals surface area (Å²) in [5.74, 6) is -1.24. The maximum atomic E-state index is 11.1. The van der Waals surface area contributed by atoms with Gasteiger partial charge >= 0.3 is 5.97 Å². The number of thioether (sulfide) groups is 1. The zero-order chi connectivity index (χ0) is 15.2. The fourth-order valence-corrected chi connectivity index (χ4v) is 1.95. The number of nitrogens with zero attached hydrogens (tertiary/aromatic N) is 2. The maximum Gasteiger partial charge on any atom is 0.314 e. The first-order valence-electron chi connectivity index (χ1n) is 5.73. The molecule has 1 heterocycles. The van der Waals surface area contributed by atoms with Crippen LogP contribution in [0, 0.1) is 0 Å². The molecule has 2 N–H and O–H groups in total. The number of carbonyl (C=O) groups excluding carboxylic acids is 1. The third kappa shape index (κ3) is 4.47. The van der Waals surface area contributed by atoms with E-state index in [-0.39, 0.29) is 28.7 Å². The Balaban J connectivity index is 2.05. The minimum absolute atomic E-state index is 0.116. The highest BCUT2D eigenvalue weighted by Crippen LogP contribution is 2.24. The van der Waals surface area contributed by atoms with Crippen molar-refractivity contribution in [1.29, 1.82) is 0 Å². The van der Waals surface area contributed by atoms with Crippen LogP contribution in [0.5, 0.6) is 0 Å². The molecule has 0 aliphatic heterocycles. The second kappa shape index (κ2) is 7.09. The van der Waals surface area contributed by atoms with Gasteiger partial charge in [-0.05, 0) is 24.3 Å². The van der Waals surface area contributed by atoms with E-state index in [4.69, 9.17) is 21.1 Å². The summed E-state index contributed by atoms with van der Waals surface area (Å²) in [5.41, 5.74) is 1.26. The summed E-state index contributed by atoms with van der Waals surface area (Å²) in [6, 6.07) is 6.74. The predicted molar refractivity (Wildman–Crippen MR) is 77.4 cm³/mol. The lowest BCUT2D eigenvalue weighted by molar-refractivity contribution is -0.133. The first kappa shape index (κ1) is 15.3. The third-order valence-electron chi connectivity index (χ3n) is 2.26. The Morgan fingerprint density at radius 1 is 1.29 bits per heavy atom. The first-order chi connectivity index (χ1) is 10.1. The van der Waals surface area contributed by atoms with Crippen molar-refractivity contribution in [2.75, 3.05) is 16.9 Å². The van der Waals surface area contributed by atoms with Crippen molar-refractivity contribution in [3.05, 3.63) is 24.3 Å². The number of anilines is 1. The van der Waals surface area contributed by atoms with E-state index in [0.717, 1.165) is 11.8 Å². The molecule has 0 spiro atoms. The van der Waals surface area contributed by atoms with Gasteiger partial charge in [0.1, 0.15) is 11.6 Å². The van der Waals surface area contributed by atoms with E-state index in [1.807, 2.05) is 0 Å². The van der Waals surface area contributed by atoms with E-state index in [1.54, 1.807) is 24.3 Å². The van der Waals surface area contributed by atoms with Gasteiger partial charge in [-0.15, -0.1) is 21.8 Å². The SMILES string of the molecule is O=C(O)CSc1nnc(-c2ccc(NC(=O)CCl)cc2)o1. The number of alkyl halides is 1. The van der Waals surface area contributed by atoms with Gasteiger partial charge < -0.3 is 14.8 Å². The van der Waals surface area contributed by atoms with Crippen LogP contribution in [-0.2, 0) is 9.59 Å². The Labute approximate surface area is 128 Å². The zero-order valence-electron chi connectivity index (χ0n) is 10.6. The molecule has 0 aliphatic carbocycles. The highest BCUT2D eigenvalue weighted by molar-refractivity contribution is 7.99. The van der Waals surface area contributed by atoms with Gasteiger partial charge in [0.25, 0.3) is 5.22 Å². The van der Waals surface area contributed by atoms with E-state index in [0.29, 0.717) is 11.3 Å². The Bertz CT molecular complexity index is 644. The van der Waals surface area contributed by atoms with Gasteiger partial charge in [0, 0.05) is 11.3 Å². The van der Waals surface area contributed by atoms with Crippen molar-refractivity contribution < 1.29 is 19.1 Å². The number of hydrogen-bond donors (Lipinski definition) is 2. The van der Waals surface area contributed by atoms with Crippen LogP contribution in [0.1, 0.15) is 0 Å². The van der Waals surface area contributed by atoms with Gasteiger partial charge in [-0.3, -0.25) is 9.59 Å². The monoisotopic (exact) mass is 327 g/mol. The Hall–Kier alpha value is -2.06. The van der Waals surface area contributed by atoms with Crippen molar-refractivity contribution in [2.24, 2.45) is 0 Å². The number of carboxylic acids is 1. The molecule has 0 unspecified atom stereocenters. The van der Waals surface area contributed by atoms with Crippen LogP contribution in [0.25, 0.3) is 11.5 Å². The average Bonchev–Trinajstić information content (AvgIpc) is 2.94. The maximum absolute atomic E-state index is 11.1. The molecule has 7 nitrogen and oxygen atoms in total. The molecule has 1 aromatic carbocycles. The van der Waals surface area contributed by atoms with Gasteiger partial charge in [0.05, 0.1) is 0 Å². The van der Waals surface area contributed by atoms with Crippen LogP contribution in [0.2, 0.25) is 0 Å². The number of nitrogens with one attached hydrogen (secondary N) is 1. The Morgan fingerprint density at radius 2 is 2.00 bits per heavy atom. The zero-order valence-corrected chi connectivity index (χ0v) is 12.1. The number of benzene rings is 1. The van der Waals surface area contributed by atoms with E-state index in [2.05, 4.69) is 15.5 Å². The Kier molecular flexibility index (Phi) is 5.18. The van der Waals surface area contributed by atoms with Gasteiger partial charge in [-0.1, -0.05) is 11.8 Å². The molecule has 2 rings (SSSR count). The molecule has 1 aromatic heterocycles. The normalized spacial score (nSPS) is 10.3. The van der Waals surface area contributed by atoms with Crippen LogP contribution in [-0.4, -0.2) is 38.8 Å². The van der Waals surface area contributed by atoms with Gasteiger partial charge in [0.15, 0.2) is 0 Å². The van der Waals surface area contributed by atoms with Crippen molar-refractivity contribution >= 4 is 40.9 Å². The molecule has 0 saturated carbocycles. The summed E-state index contributed by atoms with van der Waals surface area (Å²) in [7, 11) is 0. The molecule has 0 aliphatic rings. The molecule has 21 heavy (non-hydrogen) atoms. The minimum atomic E-state index is -0.959. The molecular weight excluding hydrogens is 318 g/mol. The third-order valence-corrected chi connectivity index (χ3v) is 3.31. The molecule has 0 atom stereocenters. The average molecular weight is 328 g/mol. The number of aliphatic carboxylic acids is 1. The molecule has 1 amide bonds.